The van der Waals surface area contributed by atoms with Gasteiger partial charge < -0.3 is 25.6 Å². The molecule has 1 heterocycles. The smallest absolute Gasteiger partial charge is 0.359 e. The van der Waals surface area contributed by atoms with Crippen LogP contribution in [0.4, 0.5) is 10.1 Å². The molecule has 0 radical (unpaired) electrons. The minimum Gasteiger partial charge on any atom is -0.496 e. The van der Waals surface area contributed by atoms with Crippen molar-refractivity contribution in [1.29, 1.82) is 0 Å². The van der Waals surface area contributed by atoms with Crippen molar-refractivity contribution in [3.05, 3.63) is 70.8 Å². The molecule has 2 aromatic carbocycles. The summed E-state index contributed by atoms with van der Waals surface area (Å²) in [4.78, 5) is 25.4. The van der Waals surface area contributed by atoms with E-state index in [0.29, 0.717) is 29.9 Å². The molecular weight excluding hydrogens is 479 g/mol. The number of nitrogen functional groups attached to an aromatic ring is 1. The highest BCUT2D eigenvalue weighted by Crippen LogP contribution is 2.37. The number of benzene rings is 2. The number of hydrogen-bond acceptors (Lipinski definition) is 7. The van der Waals surface area contributed by atoms with E-state index in [1.165, 1.54) is 23.9 Å². The van der Waals surface area contributed by atoms with Gasteiger partial charge in [-0.1, -0.05) is 12.1 Å². The van der Waals surface area contributed by atoms with Gasteiger partial charge in [-0.05, 0) is 68.5 Å². The van der Waals surface area contributed by atoms with Crippen LogP contribution in [0.1, 0.15) is 70.6 Å². The number of aromatic nitrogens is 2. The van der Waals surface area contributed by atoms with Crippen LogP contribution in [0.2, 0.25) is 0 Å². The Morgan fingerprint density at radius 1 is 1.16 bits per heavy atom. The van der Waals surface area contributed by atoms with E-state index in [1.807, 2.05) is 0 Å². The number of nitrogens with zero attached hydrogens (tertiary/aromatic N) is 2. The molecule has 4 rings (SSSR count). The molecule has 9 nitrogen and oxygen atoms in total. The first-order chi connectivity index (χ1) is 17.8. The topological polar surface area (TPSA) is 129 Å². The number of rotatable bonds is 8. The van der Waals surface area contributed by atoms with E-state index >= 15 is 0 Å². The van der Waals surface area contributed by atoms with Crippen molar-refractivity contribution in [1.82, 2.24) is 15.1 Å². The predicted molar refractivity (Wildman–Crippen MR) is 135 cm³/mol. The fraction of sp³-hybridized carbons (Fsp3) is 0.370. The van der Waals surface area contributed by atoms with Crippen molar-refractivity contribution < 1.29 is 28.6 Å². The van der Waals surface area contributed by atoms with Crippen LogP contribution in [-0.2, 0) is 11.3 Å². The molecule has 1 fully saturated rings. The minimum absolute atomic E-state index is 0.0483. The second-order valence-corrected chi connectivity index (χ2v) is 8.98. The summed E-state index contributed by atoms with van der Waals surface area (Å²) in [6, 6.07) is 10.9. The molecule has 0 atom stereocenters. The summed E-state index contributed by atoms with van der Waals surface area (Å²) in [5.74, 6) is -1.23. The molecule has 1 amide bonds. The number of halogens is 1. The lowest BCUT2D eigenvalue weighted by molar-refractivity contribution is 0.0517. The Morgan fingerprint density at radius 3 is 2.51 bits per heavy atom. The molecule has 1 saturated carbocycles. The Balaban J connectivity index is 1.55. The van der Waals surface area contributed by atoms with Gasteiger partial charge in [-0.2, -0.15) is 5.10 Å². The summed E-state index contributed by atoms with van der Waals surface area (Å²) in [5, 5.41) is 17.3. The van der Waals surface area contributed by atoms with Crippen LogP contribution in [-0.4, -0.2) is 46.6 Å². The average molecular weight is 511 g/mol. The van der Waals surface area contributed by atoms with Crippen molar-refractivity contribution in [3.63, 3.8) is 0 Å². The maximum atomic E-state index is 13.6. The zero-order valence-electron chi connectivity index (χ0n) is 20.9. The third-order valence-electron chi connectivity index (χ3n) is 6.54. The number of aliphatic hydroxyl groups is 1. The number of ether oxygens (including phenoxy) is 2. The molecule has 196 valence electrons. The molecule has 0 spiro atoms. The summed E-state index contributed by atoms with van der Waals surface area (Å²) >= 11 is 0. The zero-order valence-corrected chi connectivity index (χ0v) is 20.9. The Kier molecular flexibility index (Phi) is 8.08. The Morgan fingerprint density at radius 2 is 1.86 bits per heavy atom. The van der Waals surface area contributed by atoms with Gasteiger partial charge >= 0.3 is 5.97 Å². The molecule has 0 aliphatic heterocycles. The number of nitrogens with one attached hydrogen (secondary N) is 1. The van der Waals surface area contributed by atoms with Gasteiger partial charge in [0.05, 0.1) is 42.5 Å². The van der Waals surface area contributed by atoms with Crippen LogP contribution in [0.25, 0.3) is 5.69 Å². The number of carbonyl (C=O) groups is 2. The third-order valence-corrected chi connectivity index (χ3v) is 6.54. The van der Waals surface area contributed by atoms with E-state index in [1.54, 1.807) is 31.2 Å². The molecule has 4 N–H and O–H groups in total. The monoisotopic (exact) mass is 510 g/mol. The van der Waals surface area contributed by atoms with Crippen molar-refractivity contribution in [3.8, 4) is 11.4 Å². The van der Waals surface area contributed by atoms with Gasteiger partial charge in [-0.15, -0.1) is 0 Å². The SMILES string of the molecule is CCOC(=O)c1c(N)c(C2CCC(O)CC2)nn1-c1ccc(CNC(=O)c2cc(F)ccc2OC)cc1. The maximum Gasteiger partial charge on any atom is 0.359 e. The van der Waals surface area contributed by atoms with Gasteiger partial charge in [0.2, 0.25) is 0 Å². The van der Waals surface area contributed by atoms with E-state index in [0.717, 1.165) is 24.5 Å². The van der Waals surface area contributed by atoms with Crippen molar-refractivity contribution >= 4 is 17.6 Å². The highest BCUT2D eigenvalue weighted by molar-refractivity contribution is 5.97. The quantitative estimate of drug-likeness (QED) is 0.394. The van der Waals surface area contributed by atoms with Gasteiger partial charge in [-0.25, -0.2) is 13.9 Å². The molecule has 3 aromatic rings. The molecule has 0 unspecified atom stereocenters. The number of carbonyl (C=O) groups excluding carboxylic acids is 2. The molecule has 1 aliphatic carbocycles. The number of esters is 1. The van der Waals surface area contributed by atoms with Crippen molar-refractivity contribution in [2.75, 3.05) is 19.5 Å². The van der Waals surface area contributed by atoms with Crippen LogP contribution < -0.4 is 15.8 Å². The first-order valence-corrected chi connectivity index (χ1v) is 12.3. The Labute approximate surface area is 214 Å². The van der Waals surface area contributed by atoms with E-state index in [9.17, 15) is 19.1 Å². The first-order valence-electron chi connectivity index (χ1n) is 12.3. The average Bonchev–Trinajstić information content (AvgIpc) is 3.25. The summed E-state index contributed by atoms with van der Waals surface area (Å²) in [5.41, 5.74) is 9.00. The summed E-state index contributed by atoms with van der Waals surface area (Å²) in [7, 11) is 1.42. The van der Waals surface area contributed by atoms with Crippen LogP contribution in [0.3, 0.4) is 0 Å². The molecular formula is C27H31FN4O5. The molecule has 37 heavy (non-hydrogen) atoms. The van der Waals surface area contributed by atoms with E-state index < -0.39 is 17.7 Å². The molecule has 0 saturated heterocycles. The van der Waals surface area contributed by atoms with Crippen LogP contribution >= 0.6 is 0 Å². The van der Waals surface area contributed by atoms with E-state index in [4.69, 9.17) is 20.3 Å². The highest BCUT2D eigenvalue weighted by atomic mass is 19.1. The second kappa shape index (κ2) is 11.4. The fourth-order valence-corrected chi connectivity index (χ4v) is 4.57. The number of nitrogens with two attached hydrogens (primary N) is 1. The lowest BCUT2D eigenvalue weighted by Crippen LogP contribution is -2.23. The molecule has 10 heteroatoms. The van der Waals surface area contributed by atoms with E-state index in [2.05, 4.69) is 5.32 Å². The lowest BCUT2D eigenvalue weighted by atomic mass is 9.85. The minimum atomic E-state index is -0.560. The van der Waals surface area contributed by atoms with Gasteiger partial charge in [0.25, 0.3) is 5.91 Å². The number of methoxy groups -OCH3 is 1. The van der Waals surface area contributed by atoms with Crippen LogP contribution in [0, 0.1) is 5.82 Å². The summed E-state index contributed by atoms with van der Waals surface area (Å²) in [6.07, 6.45) is 2.47. The standard InChI is InChI=1S/C27H31FN4O5/c1-3-37-27(35)25-23(29)24(17-6-11-20(33)12-7-17)31-32(25)19-9-4-16(5-10-19)15-30-26(34)21-14-18(28)8-13-22(21)36-2/h4-5,8-10,13-14,17,20,33H,3,6-7,11-12,15,29H2,1-2H3,(H,30,34). The number of hydrogen-bond donors (Lipinski definition) is 3. The van der Waals surface area contributed by atoms with Crippen molar-refractivity contribution in [2.24, 2.45) is 0 Å². The molecule has 1 aliphatic rings. The van der Waals surface area contributed by atoms with E-state index in [-0.39, 0.29) is 42.2 Å². The summed E-state index contributed by atoms with van der Waals surface area (Å²) in [6.45, 7) is 2.12. The normalized spacial score (nSPS) is 17.3. The second-order valence-electron chi connectivity index (χ2n) is 8.98. The molecule has 1 aromatic heterocycles. The number of anilines is 1. The van der Waals surface area contributed by atoms with Crippen LogP contribution in [0.15, 0.2) is 42.5 Å². The van der Waals surface area contributed by atoms with Gasteiger partial charge in [-0.3, -0.25) is 4.79 Å². The third kappa shape index (κ3) is 5.75. The predicted octanol–water partition coefficient (Wildman–Crippen LogP) is 3.73. The first kappa shape index (κ1) is 26.2. The molecule has 0 bridgehead atoms. The summed E-state index contributed by atoms with van der Waals surface area (Å²) < 4.78 is 25.5. The highest BCUT2D eigenvalue weighted by Gasteiger charge is 2.30. The van der Waals surface area contributed by atoms with Gasteiger partial charge in [0.15, 0.2) is 5.69 Å². The largest absolute Gasteiger partial charge is 0.496 e. The Hall–Kier alpha value is -3.92. The van der Waals surface area contributed by atoms with Crippen molar-refractivity contribution in [2.45, 2.75) is 51.2 Å². The number of amides is 1. The number of aliphatic hydroxyl groups excluding tert-OH is 1. The van der Waals surface area contributed by atoms with Gasteiger partial charge in [0, 0.05) is 12.5 Å². The lowest BCUT2D eigenvalue weighted by Gasteiger charge is -2.24. The van der Waals surface area contributed by atoms with Crippen LogP contribution in [0.5, 0.6) is 5.75 Å². The zero-order chi connectivity index (χ0) is 26.5. The fourth-order valence-electron chi connectivity index (χ4n) is 4.57. The van der Waals surface area contributed by atoms with Gasteiger partial charge in [0.1, 0.15) is 11.6 Å². The maximum absolute atomic E-state index is 13.6. The Bertz CT molecular complexity index is 1270.